The van der Waals surface area contributed by atoms with Crippen LogP contribution in [0.3, 0.4) is 0 Å². The van der Waals surface area contributed by atoms with Crippen LogP contribution in [0.2, 0.25) is 0 Å². The van der Waals surface area contributed by atoms with Gasteiger partial charge in [0.25, 0.3) is 0 Å². The van der Waals surface area contributed by atoms with E-state index in [0.29, 0.717) is 5.92 Å². The van der Waals surface area contributed by atoms with Gasteiger partial charge in [0.15, 0.2) is 5.82 Å². The first-order valence-electron chi connectivity index (χ1n) is 6.25. The fraction of sp³-hybridized carbons (Fsp3) is 0.833. The molecular formula is C12H18N2O3. The highest BCUT2D eigenvalue weighted by Crippen LogP contribution is 2.50. The van der Waals surface area contributed by atoms with Crippen LogP contribution in [0.25, 0.3) is 0 Å². The van der Waals surface area contributed by atoms with Crippen LogP contribution in [-0.2, 0) is 14.9 Å². The topological polar surface area (TPSA) is 57.4 Å². The summed E-state index contributed by atoms with van der Waals surface area (Å²) < 4.78 is 15.9. The Kier molecular flexibility index (Phi) is 2.88. The smallest absolute Gasteiger partial charge is 0.232 e. The molecule has 0 N–H and O–H groups in total. The van der Waals surface area contributed by atoms with Crippen molar-refractivity contribution >= 4 is 0 Å². The molecule has 2 aliphatic rings. The van der Waals surface area contributed by atoms with Crippen molar-refractivity contribution in [3.8, 4) is 0 Å². The predicted molar refractivity (Wildman–Crippen MR) is 59.9 cm³/mol. The van der Waals surface area contributed by atoms with E-state index in [0.717, 1.165) is 57.2 Å². The fourth-order valence-electron chi connectivity index (χ4n) is 2.37. The lowest BCUT2D eigenvalue weighted by Gasteiger charge is -2.08. The second kappa shape index (κ2) is 4.38. The third-order valence-electron chi connectivity index (χ3n) is 3.83. The fourth-order valence-corrected chi connectivity index (χ4v) is 2.37. The van der Waals surface area contributed by atoms with Gasteiger partial charge in [-0.25, -0.2) is 0 Å². The zero-order valence-electron chi connectivity index (χ0n) is 10.1. The first-order chi connectivity index (χ1) is 8.34. The van der Waals surface area contributed by atoms with E-state index >= 15 is 0 Å². The highest BCUT2D eigenvalue weighted by Gasteiger charge is 2.49. The number of ether oxygens (including phenoxy) is 2. The number of nitrogens with zero attached hydrogens (tertiary/aromatic N) is 2. The summed E-state index contributed by atoms with van der Waals surface area (Å²) in [6, 6.07) is 0. The number of methoxy groups -OCH3 is 1. The van der Waals surface area contributed by atoms with E-state index in [-0.39, 0.29) is 5.41 Å². The van der Waals surface area contributed by atoms with E-state index in [1.165, 1.54) is 0 Å². The summed E-state index contributed by atoms with van der Waals surface area (Å²) >= 11 is 0. The molecular weight excluding hydrogens is 220 g/mol. The van der Waals surface area contributed by atoms with E-state index in [1.807, 2.05) is 0 Å². The van der Waals surface area contributed by atoms with Gasteiger partial charge < -0.3 is 14.0 Å². The van der Waals surface area contributed by atoms with Crippen LogP contribution in [0, 0.1) is 0 Å². The van der Waals surface area contributed by atoms with Gasteiger partial charge in [-0.1, -0.05) is 5.16 Å². The molecule has 1 aromatic rings. The van der Waals surface area contributed by atoms with Crippen molar-refractivity contribution in [3.63, 3.8) is 0 Å². The molecule has 2 fully saturated rings. The normalized spacial score (nSPS) is 26.3. The molecule has 1 saturated heterocycles. The molecule has 1 atom stereocenters. The maximum Gasteiger partial charge on any atom is 0.232 e. The average Bonchev–Trinajstić information content (AvgIpc) is 2.83. The van der Waals surface area contributed by atoms with Crippen molar-refractivity contribution in [2.75, 3.05) is 26.9 Å². The van der Waals surface area contributed by atoms with Crippen molar-refractivity contribution in [2.45, 2.75) is 37.0 Å². The molecule has 0 aromatic carbocycles. The number of hydrogen-bond donors (Lipinski definition) is 0. The zero-order chi connectivity index (χ0) is 11.7. The lowest BCUT2D eigenvalue weighted by atomic mass is 10.0. The lowest BCUT2D eigenvalue weighted by Crippen LogP contribution is -2.11. The molecule has 5 nitrogen and oxygen atoms in total. The van der Waals surface area contributed by atoms with Crippen molar-refractivity contribution in [1.29, 1.82) is 0 Å². The summed E-state index contributed by atoms with van der Waals surface area (Å²) in [5.41, 5.74) is 0.112. The highest BCUT2D eigenvalue weighted by atomic mass is 16.5. The maximum atomic E-state index is 5.43. The summed E-state index contributed by atoms with van der Waals surface area (Å²) in [5.74, 6) is 1.95. The Morgan fingerprint density at radius 2 is 2.35 bits per heavy atom. The predicted octanol–water partition coefficient (Wildman–Crippen LogP) is 1.64. The summed E-state index contributed by atoms with van der Waals surface area (Å²) in [6.45, 7) is 2.29. The van der Waals surface area contributed by atoms with Crippen molar-refractivity contribution < 1.29 is 14.0 Å². The average molecular weight is 238 g/mol. The Labute approximate surface area is 100 Å². The molecule has 5 heteroatoms. The van der Waals surface area contributed by atoms with Gasteiger partial charge in [-0.05, 0) is 25.7 Å². The van der Waals surface area contributed by atoms with E-state index in [1.54, 1.807) is 7.11 Å². The van der Waals surface area contributed by atoms with Crippen LogP contribution in [0.15, 0.2) is 4.52 Å². The van der Waals surface area contributed by atoms with E-state index in [4.69, 9.17) is 14.0 Å². The highest BCUT2D eigenvalue weighted by molar-refractivity contribution is 5.16. The molecule has 2 heterocycles. The third-order valence-corrected chi connectivity index (χ3v) is 3.83. The largest absolute Gasteiger partial charge is 0.385 e. The minimum absolute atomic E-state index is 0.112. The van der Waals surface area contributed by atoms with Gasteiger partial charge in [0.1, 0.15) is 0 Å². The summed E-state index contributed by atoms with van der Waals surface area (Å²) in [6.07, 6.45) is 4.26. The second-order valence-corrected chi connectivity index (χ2v) is 5.04. The molecule has 0 spiro atoms. The van der Waals surface area contributed by atoms with Crippen molar-refractivity contribution in [3.05, 3.63) is 11.7 Å². The molecule has 0 radical (unpaired) electrons. The van der Waals surface area contributed by atoms with Gasteiger partial charge in [-0.3, -0.25) is 0 Å². The molecule has 1 aromatic heterocycles. The monoisotopic (exact) mass is 238 g/mol. The first-order valence-corrected chi connectivity index (χ1v) is 6.25. The Morgan fingerprint density at radius 3 is 3.00 bits per heavy atom. The van der Waals surface area contributed by atoms with Gasteiger partial charge in [0, 0.05) is 26.2 Å². The van der Waals surface area contributed by atoms with Gasteiger partial charge in [-0.2, -0.15) is 4.98 Å². The van der Waals surface area contributed by atoms with Crippen LogP contribution in [0.1, 0.15) is 43.3 Å². The molecule has 94 valence electrons. The van der Waals surface area contributed by atoms with Crippen LogP contribution in [-0.4, -0.2) is 37.1 Å². The third kappa shape index (κ3) is 2.09. The molecule has 0 amide bonds. The van der Waals surface area contributed by atoms with Crippen molar-refractivity contribution in [1.82, 2.24) is 10.1 Å². The van der Waals surface area contributed by atoms with Gasteiger partial charge in [-0.15, -0.1) is 0 Å². The number of rotatable bonds is 5. The van der Waals surface area contributed by atoms with E-state index in [9.17, 15) is 0 Å². The van der Waals surface area contributed by atoms with Gasteiger partial charge in [0.2, 0.25) is 5.89 Å². The Morgan fingerprint density at radius 1 is 1.47 bits per heavy atom. The number of hydrogen-bond acceptors (Lipinski definition) is 5. The summed E-state index contributed by atoms with van der Waals surface area (Å²) in [4.78, 5) is 4.57. The minimum atomic E-state index is 0.112. The van der Waals surface area contributed by atoms with Crippen LogP contribution < -0.4 is 0 Å². The Balaban J connectivity index is 1.71. The quantitative estimate of drug-likeness (QED) is 0.780. The van der Waals surface area contributed by atoms with Gasteiger partial charge >= 0.3 is 0 Å². The van der Waals surface area contributed by atoms with E-state index < -0.39 is 0 Å². The maximum absolute atomic E-state index is 5.43. The summed E-state index contributed by atoms with van der Waals surface area (Å²) in [5, 5.41) is 4.11. The molecule has 3 rings (SSSR count). The molecule has 1 unspecified atom stereocenters. The minimum Gasteiger partial charge on any atom is -0.385 e. The molecule has 17 heavy (non-hydrogen) atoms. The Hall–Kier alpha value is -0.940. The molecule has 1 aliphatic heterocycles. The van der Waals surface area contributed by atoms with Crippen LogP contribution in [0.4, 0.5) is 0 Å². The van der Waals surface area contributed by atoms with Crippen LogP contribution in [0.5, 0.6) is 0 Å². The Bertz CT molecular complexity index is 381. The zero-order valence-corrected chi connectivity index (χ0v) is 10.1. The molecule has 0 bridgehead atoms. The molecule has 1 saturated carbocycles. The molecule has 1 aliphatic carbocycles. The first kappa shape index (κ1) is 11.2. The van der Waals surface area contributed by atoms with Crippen LogP contribution >= 0.6 is 0 Å². The summed E-state index contributed by atoms with van der Waals surface area (Å²) in [7, 11) is 1.73. The van der Waals surface area contributed by atoms with Crippen molar-refractivity contribution in [2.24, 2.45) is 0 Å². The number of aromatic nitrogens is 2. The SMILES string of the molecule is COCCC1(c2nc(C3CCOC3)no2)CC1. The lowest BCUT2D eigenvalue weighted by molar-refractivity contribution is 0.177. The standard InChI is InChI=1S/C12H18N2O3/c1-15-7-5-12(3-4-12)11-13-10(14-17-11)9-2-6-16-8-9/h9H,2-8H2,1H3. The van der Waals surface area contributed by atoms with Gasteiger partial charge in [0.05, 0.1) is 12.0 Å². The second-order valence-electron chi connectivity index (χ2n) is 5.04. The van der Waals surface area contributed by atoms with E-state index in [2.05, 4.69) is 10.1 Å².